The summed E-state index contributed by atoms with van der Waals surface area (Å²) >= 11 is 5.80. The van der Waals surface area contributed by atoms with Crippen LogP contribution in [0.2, 0.25) is 5.02 Å². The third-order valence-corrected chi connectivity index (χ3v) is 4.05. The largest absolute Gasteiger partial charge is 0.493 e. The molecule has 1 aromatic rings. The molecule has 5 heteroatoms. The van der Waals surface area contributed by atoms with Crippen molar-refractivity contribution in [3.8, 4) is 5.75 Å². The minimum Gasteiger partial charge on any atom is -0.493 e. The van der Waals surface area contributed by atoms with Crippen LogP contribution in [0.1, 0.15) is 19.8 Å². The maximum absolute atomic E-state index is 12.1. The number of carbonyl (C=O) groups is 1. The number of hydrogen-bond donors (Lipinski definition) is 1. The van der Waals surface area contributed by atoms with E-state index in [0.29, 0.717) is 24.6 Å². The lowest BCUT2D eigenvalue weighted by atomic mass is 9.90. The Morgan fingerprint density at radius 1 is 1.45 bits per heavy atom. The maximum atomic E-state index is 12.1. The lowest BCUT2D eigenvalue weighted by Crippen LogP contribution is -2.35. The first-order chi connectivity index (χ1) is 9.52. The summed E-state index contributed by atoms with van der Waals surface area (Å²) in [5, 5.41) is 0.673. The second-order valence-electron chi connectivity index (χ2n) is 5.63. The minimum absolute atomic E-state index is 0.0761. The van der Waals surface area contributed by atoms with Crippen LogP contribution in [-0.4, -0.2) is 37.0 Å². The molecule has 1 amide bonds. The van der Waals surface area contributed by atoms with E-state index in [0.717, 1.165) is 25.3 Å². The Morgan fingerprint density at radius 2 is 2.15 bits per heavy atom. The fraction of sp³-hybridized carbons (Fsp3) is 0.533. The van der Waals surface area contributed by atoms with Crippen LogP contribution in [0, 0.1) is 5.41 Å². The molecule has 2 rings (SSSR count). The Bertz CT molecular complexity index is 463. The number of benzene rings is 1. The number of halogens is 1. The van der Waals surface area contributed by atoms with Crippen LogP contribution in [0.15, 0.2) is 24.3 Å². The standard InChI is InChI=1S/C15H21ClN2O2/c1-15(10-17)7-8-18(11-15)14(19)6-9-20-13-4-2-12(16)3-5-13/h2-5H,6-11,17H2,1H3. The van der Waals surface area contributed by atoms with Gasteiger partial charge in [-0.15, -0.1) is 0 Å². The van der Waals surface area contributed by atoms with Crippen LogP contribution in [0.25, 0.3) is 0 Å². The van der Waals surface area contributed by atoms with E-state index in [2.05, 4.69) is 6.92 Å². The fourth-order valence-corrected chi connectivity index (χ4v) is 2.47. The van der Waals surface area contributed by atoms with E-state index in [1.807, 2.05) is 4.90 Å². The van der Waals surface area contributed by atoms with Gasteiger partial charge in [0.15, 0.2) is 0 Å². The highest BCUT2D eigenvalue weighted by Crippen LogP contribution is 2.28. The van der Waals surface area contributed by atoms with Gasteiger partial charge in [0.2, 0.25) is 5.91 Å². The molecule has 0 aliphatic carbocycles. The van der Waals surface area contributed by atoms with Crippen molar-refractivity contribution in [3.05, 3.63) is 29.3 Å². The summed E-state index contributed by atoms with van der Waals surface area (Å²) in [6.45, 7) is 4.69. The molecular weight excluding hydrogens is 276 g/mol. The summed E-state index contributed by atoms with van der Waals surface area (Å²) in [6.07, 6.45) is 1.37. The van der Waals surface area contributed by atoms with E-state index in [1.54, 1.807) is 24.3 Å². The zero-order chi connectivity index (χ0) is 14.6. The molecule has 0 spiro atoms. The van der Waals surface area contributed by atoms with Crippen LogP contribution >= 0.6 is 11.6 Å². The quantitative estimate of drug-likeness (QED) is 0.907. The molecular formula is C15H21ClN2O2. The van der Waals surface area contributed by atoms with Crippen molar-refractivity contribution in [1.82, 2.24) is 4.90 Å². The SMILES string of the molecule is CC1(CN)CCN(C(=O)CCOc2ccc(Cl)cc2)C1. The molecule has 4 nitrogen and oxygen atoms in total. The van der Waals surface area contributed by atoms with Crippen LogP contribution < -0.4 is 10.5 Å². The number of nitrogens with zero attached hydrogens (tertiary/aromatic N) is 1. The average Bonchev–Trinajstić information content (AvgIpc) is 2.84. The monoisotopic (exact) mass is 296 g/mol. The van der Waals surface area contributed by atoms with E-state index in [4.69, 9.17) is 22.1 Å². The molecule has 1 saturated heterocycles. The maximum Gasteiger partial charge on any atom is 0.226 e. The highest BCUT2D eigenvalue weighted by Gasteiger charge is 2.34. The number of carbonyl (C=O) groups excluding carboxylic acids is 1. The number of amides is 1. The van der Waals surface area contributed by atoms with Gasteiger partial charge in [0, 0.05) is 18.1 Å². The number of nitrogens with two attached hydrogens (primary N) is 1. The average molecular weight is 297 g/mol. The van der Waals surface area contributed by atoms with Gasteiger partial charge < -0.3 is 15.4 Å². The normalized spacial score (nSPS) is 22.1. The van der Waals surface area contributed by atoms with Gasteiger partial charge in [-0.05, 0) is 42.6 Å². The molecule has 2 N–H and O–H groups in total. The Labute approximate surface area is 124 Å². The lowest BCUT2D eigenvalue weighted by Gasteiger charge is -2.22. The van der Waals surface area contributed by atoms with E-state index in [-0.39, 0.29) is 11.3 Å². The second kappa shape index (κ2) is 6.46. The molecule has 0 aromatic heterocycles. The van der Waals surface area contributed by atoms with Crippen molar-refractivity contribution in [2.24, 2.45) is 11.1 Å². The number of ether oxygens (including phenoxy) is 1. The number of hydrogen-bond acceptors (Lipinski definition) is 3. The van der Waals surface area contributed by atoms with Crippen molar-refractivity contribution in [2.45, 2.75) is 19.8 Å². The van der Waals surface area contributed by atoms with E-state index in [1.165, 1.54) is 0 Å². The van der Waals surface area contributed by atoms with Crippen molar-refractivity contribution < 1.29 is 9.53 Å². The highest BCUT2D eigenvalue weighted by molar-refractivity contribution is 6.30. The van der Waals surface area contributed by atoms with Crippen LogP contribution in [0.4, 0.5) is 0 Å². The Hall–Kier alpha value is -1.26. The molecule has 0 radical (unpaired) electrons. The summed E-state index contributed by atoms with van der Waals surface area (Å²) in [7, 11) is 0. The molecule has 20 heavy (non-hydrogen) atoms. The van der Waals surface area contributed by atoms with E-state index < -0.39 is 0 Å². The number of likely N-dealkylation sites (tertiary alicyclic amines) is 1. The Kier molecular flexibility index (Phi) is 4.89. The molecule has 1 aliphatic heterocycles. The van der Waals surface area contributed by atoms with Crippen LogP contribution in [-0.2, 0) is 4.79 Å². The smallest absolute Gasteiger partial charge is 0.226 e. The van der Waals surface area contributed by atoms with Crippen LogP contribution in [0.3, 0.4) is 0 Å². The summed E-state index contributed by atoms with van der Waals surface area (Å²) < 4.78 is 5.54. The van der Waals surface area contributed by atoms with Gasteiger partial charge in [-0.3, -0.25) is 4.79 Å². The molecule has 0 saturated carbocycles. The molecule has 110 valence electrons. The Balaban J connectivity index is 1.74. The van der Waals surface area contributed by atoms with Gasteiger partial charge in [0.1, 0.15) is 5.75 Å². The summed E-state index contributed by atoms with van der Waals surface area (Å²) in [4.78, 5) is 14.0. The zero-order valence-electron chi connectivity index (χ0n) is 11.8. The fourth-order valence-electron chi connectivity index (χ4n) is 2.35. The molecule has 1 atom stereocenters. The van der Waals surface area contributed by atoms with E-state index >= 15 is 0 Å². The molecule has 1 fully saturated rings. The summed E-state index contributed by atoms with van der Waals surface area (Å²) in [5.41, 5.74) is 5.82. The third kappa shape index (κ3) is 3.87. The molecule has 1 unspecified atom stereocenters. The lowest BCUT2D eigenvalue weighted by molar-refractivity contribution is -0.131. The minimum atomic E-state index is 0.0761. The Morgan fingerprint density at radius 3 is 2.75 bits per heavy atom. The van der Waals surface area contributed by atoms with Crippen molar-refractivity contribution in [1.29, 1.82) is 0 Å². The van der Waals surface area contributed by atoms with Gasteiger partial charge in [-0.25, -0.2) is 0 Å². The van der Waals surface area contributed by atoms with E-state index in [9.17, 15) is 4.79 Å². The van der Waals surface area contributed by atoms with Gasteiger partial charge in [-0.1, -0.05) is 18.5 Å². The third-order valence-electron chi connectivity index (χ3n) is 3.80. The van der Waals surface area contributed by atoms with Gasteiger partial charge in [0.05, 0.1) is 13.0 Å². The van der Waals surface area contributed by atoms with Crippen molar-refractivity contribution >= 4 is 17.5 Å². The van der Waals surface area contributed by atoms with Gasteiger partial charge >= 0.3 is 0 Å². The topological polar surface area (TPSA) is 55.6 Å². The molecule has 1 heterocycles. The predicted molar refractivity (Wildman–Crippen MR) is 79.9 cm³/mol. The molecule has 0 bridgehead atoms. The second-order valence-corrected chi connectivity index (χ2v) is 6.07. The zero-order valence-corrected chi connectivity index (χ0v) is 12.5. The van der Waals surface area contributed by atoms with Crippen molar-refractivity contribution in [2.75, 3.05) is 26.2 Å². The van der Waals surface area contributed by atoms with Gasteiger partial charge in [0.25, 0.3) is 0 Å². The van der Waals surface area contributed by atoms with Gasteiger partial charge in [-0.2, -0.15) is 0 Å². The van der Waals surface area contributed by atoms with Crippen molar-refractivity contribution in [3.63, 3.8) is 0 Å². The van der Waals surface area contributed by atoms with Crippen LogP contribution in [0.5, 0.6) is 5.75 Å². The highest BCUT2D eigenvalue weighted by atomic mass is 35.5. The molecule has 1 aliphatic rings. The first-order valence-corrected chi connectivity index (χ1v) is 7.26. The first-order valence-electron chi connectivity index (χ1n) is 6.89. The predicted octanol–water partition coefficient (Wildman–Crippen LogP) is 2.31. The molecule has 1 aromatic carbocycles. The first kappa shape index (κ1) is 15.1. The summed E-state index contributed by atoms with van der Waals surface area (Å²) in [5.74, 6) is 0.867. The summed E-state index contributed by atoms with van der Waals surface area (Å²) in [6, 6.07) is 7.14. The number of rotatable bonds is 5.